The van der Waals surface area contributed by atoms with E-state index in [1.807, 2.05) is 13.8 Å². The number of carbonyl (C=O) groups excluding carboxylic acids is 2. The van der Waals surface area contributed by atoms with Crippen LogP contribution >= 0.6 is 23.4 Å². The standard InChI is InChI=1S/C15H16ClFN4O2S/c1-3-8(2)20-21-15-19-14(23)12(24-15)7-13(22)18-9-4-5-11(17)10(16)6-9/h4-6,12H,3,7H2,1-2H3,(H,18,22)(H,19,21,23). The van der Waals surface area contributed by atoms with Crippen LogP contribution in [-0.2, 0) is 9.59 Å². The average Bonchev–Trinajstić information content (AvgIpc) is 2.88. The van der Waals surface area contributed by atoms with E-state index < -0.39 is 11.1 Å². The zero-order chi connectivity index (χ0) is 17.7. The van der Waals surface area contributed by atoms with Crippen molar-refractivity contribution in [1.29, 1.82) is 0 Å². The number of amidine groups is 1. The highest BCUT2D eigenvalue weighted by atomic mass is 35.5. The summed E-state index contributed by atoms with van der Waals surface area (Å²) in [5.41, 5.74) is 1.21. The minimum atomic E-state index is -0.586. The van der Waals surface area contributed by atoms with Crippen LogP contribution in [0.15, 0.2) is 28.4 Å². The number of rotatable bonds is 5. The van der Waals surface area contributed by atoms with Crippen LogP contribution in [0.3, 0.4) is 0 Å². The first-order valence-corrected chi connectivity index (χ1v) is 8.48. The summed E-state index contributed by atoms with van der Waals surface area (Å²) in [5, 5.41) is 12.8. The molecule has 0 aromatic heterocycles. The zero-order valence-corrected chi connectivity index (χ0v) is 14.7. The van der Waals surface area contributed by atoms with E-state index in [1.165, 1.54) is 12.1 Å². The van der Waals surface area contributed by atoms with Crippen molar-refractivity contribution >= 4 is 51.7 Å². The van der Waals surface area contributed by atoms with Crippen molar-refractivity contribution in [2.75, 3.05) is 5.32 Å². The van der Waals surface area contributed by atoms with E-state index in [2.05, 4.69) is 20.8 Å². The van der Waals surface area contributed by atoms with Gasteiger partial charge < -0.3 is 10.6 Å². The molecule has 1 aliphatic rings. The van der Waals surface area contributed by atoms with Gasteiger partial charge in [0.15, 0.2) is 5.17 Å². The van der Waals surface area contributed by atoms with Crippen LogP contribution in [-0.4, -0.2) is 27.9 Å². The van der Waals surface area contributed by atoms with Crippen LogP contribution in [0.2, 0.25) is 5.02 Å². The molecule has 9 heteroatoms. The normalized spacial score (nSPS) is 19.5. The highest BCUT2D eigenvalue weighted by Crippen LogP contribution is 2.24. The second kappa shape index (κ2) is 8.25. The van der Waals surface area contributed by atoms with Gasteiger partial charge in [0.1, 0.15) is 11.1 Å². The molecule has 2 amide bonds. The van der Waals surface area contributed by atoms with Gasteiger partial charge in [-0.3, -0.25) is 9.59 Å². The third-order valence-corrected chi connectivity index (χ3v) is 4.54. The van der Waals surface area contributed by atoms with Crippen LogP contribution in [0, 0.1) is 5.82 Å². The molecule has 6 nitrogen and oxygen atoms in total. The summed E-state index contributed by atoms with van der Waals surface area (Å²) >= 11 is 6.81. The molecule has 1 aromatic carbocycles. The predicted molar refractivity (Wildman–Crippen MR) is 95.0 cm³/mol. The van der Waals surface area contributed by atoms with Gasteiger partial charge in [-0.15, -0.1) is 5.10 Å². The number of thioether (sulfide) groups is 1. The van der Waals surface area contributed by atoms with Crippen LogP contribution in [0.4, 0.5) is 10.1 Å². The van der Waals surface area contributed by atoms with Gasteiger partial charge in [-0.1, -0.05) is 30.3 Å². The second-order valence-electron chi connectivity index (χ2n) is 5.07. The molecule has 1 aromatic rings. The molecule has 0 spiro atoms. The third kappa shape index (κ3) is 5.04. The summed E-state index contributed by atoms with van der Waals surface area (Å²) < 4.78 is 13.1. The van der Waals surface area contributed by atoms with Crippen LogP contribution < -0.4 is 10.6 Å². The molecule has 24 heavy (non-hydrogen) atoms. The highest BCUT2D eigenvalue weighted by Gasteiger charge is 2.32. The predicted octanol–water partition coefficient (Wildman–Crippen LogP) is 3.18. The smallest absolute Gasteiger partial charge is 0.240 e. The molecule has 128 valence electrons. The van der Waals surface area contributed by atoms with E-state index in [1.54, 1.807) is 0 Å². The molecule has 2 rings (SSSR count). The van der Waals surface area contributed by atoms with Gasteiger partial charge in [0, 0.05) is 17.8 Å². The van der Waals surface area contributed by atoms with Gasteiger partial charge in [0.05, 0.1) is 5.02 Å². The van der Waals surface area contributed by atoms with Gasteiger partial charge in [-0.05, 0) is 31.5 Å². The Hall–Kier alpha value is -1.93. The lowest BCUT2D eigenvalue weighted by Crippen LogP contribution is -2.28. The Morgan fingerprint density at radius 1 is 1.50 bits per heavy atom. The maximum atomic E-state index is 13.1. The number of nitrogens with zero attached hydrogens (tertiary/aromatic N) is 2. The summed E-state index contributed by atoms with van der Waals surface area (Å²) in [6, 6.07) is 3.87. The molecule has 0 saturated carbocycles. The largest absolute Gasteiger partial charge is 0.326 e. The third-order valence-electron chi connectivity index (χ3n) is 3.17. The van der Waals surface area contributed by atoms with Crippen LogP contribution in [0.25, 0.3) is 0 Å². The van der Waals surface area contributed by atoms with Crippen molar-refractivity contribution in [3.05, 3.63) is 29.0 Å². The average molecular weight is 371 g/mol. The molecular weight excluding hydrogens is 355 g/mol. The molecule has 1 unspecified atom stereocenters. The fourth-order valence-corrected chi connectivity index (χ4v) is 2.84. The number of benzene rings is 1. The monoisotopic (exact) mass is 370 g/mol. The Morgan fingerprint density at radius 3 is 2.92 bits per heavy atom. The Balaban J connectivity index is 1.94. The molecule has 1 aliphatic heterocycles. The van der Waals surface area contributed by atoms with E-state index in [9.17, 15) is 14.0 Å². The summed E-state index contributed by atoms with van der Waals surface area (Å²) in [7, 11) is 0. The van der Waals surface area contributed by atoms with E-state index >= 15 is 0 Å². The van der Waals surface area contributed by atoms with Crippen LogP contribution in [0.1, 0.15) is 26.7 Å². The molecular formula is C15H16ClFN4O2S. The van der Waals surface area contributed by atoms with Crippen molar-refractivity contribution in [2.45, 2.75) is 31.9 Å². The lowest BCUT2D eigenvalue weighted by atomic mass is 10.2. The van der Waals surface area contributed by atoms with E-state index in [0.717, 1.165) is 30.0 Å². The first-order valence-electron chi connectivity index (χ1n) is 7.22. The molecule has 1 fully saturated rings. The number of anilines is 1. The SMILES string of the molecule is CCC(C)=NN=C1NC(=O)C(CC(=O)Nc2ccc(F)c(Cl)c2)S1. The topological polar surface area (TPSA) is 82.9 Å². The highest BCUT2D eigenvalue weighted by molar-refractivity contribution is 8.15. The van der Waals surface area contributed by atoms with Crippen molar-refractivity contribution < 1.29 is 14.0 Å². The molecule has 0 bridgehead atoms. The minimum Gasteiger partial charge on any atom is -0.326 e. The maximum Gasteiger partial charge on any atom is 0.240 e. The molecule has 0 radical (unpaired) electrons. The fraction of sp³-hybridized carbons (Fsp3) is 0.333. The van der Waals surface area contributed by atoms with Gasteiger partial charge in [0.25, 0.3) is 0 Å². The number of halogens is 2. The summed E-state index contributed by atoms with van der Waals surface area (Å²) in [6.07, 6.45) is 0.725. The quantitative estimate of drug-likeness (QED) is 0.616. The summed E-state index contributed by atoms with van der Waals surface area (Å²) in [6.45, 7) is 3.79. The Labute approximate surface area is 147 Å². The zero-order valence-electron chi connectivity index (χ0n) is 13.1. The number of carbonyl (C=O) groups is 2. The number of amides is 2. The molecule has 1 saturated heterocycles. The van der Waals surface area contributed by atoms with Gasteiger partial charge in [-0.2, -0.15) is 5.10 Å². The van der Waals surface area contributed by atoms with Gasteiger partial charge in [-0.25, -0.2) is 4.39 Å². The van der Waals surface area contributed by atoms with Crippen molar-refractivity contribution in [2.24, 2.45) is 10.2 Å². The first-order chi connectivity index (χ1) is 11.4. The van der Waals surface area contributed by atoms with E-state index in [0.29, 0.717) is 10.9 Å². The second-order valence-corrected chi connectivity index (χ2v) is 6.67. The molecule has 1 heterocycles. The maximum absolute atomic E-state index is 13.1. The van der Waals surface area contributed by atoms with E-state index in [-0.39, 0.29) is 23.3 Å². The van der Waals surface area contributed by atoms with Gasteiger partial charge >= 0.3 is 0 Å². The number of nitrogens with one attached hydrogen (secondary N) is 2. The Bertz CT molecular complexity index is 723. The lowest BCUT2D eigenvalue weighted by molar-refractivity contribution is -0.122. The minimum absolute atomic E-state index is 0.0407. The van der Waals surface area contributed by atoms with Gasteiger partial charge in [0.2, 0.25) is 11.8 Å². The fourth-order valence-electron chi connectivity index (χ4n) is 1.74. The Kier molecular flexibility index (Phi) is 6.33. The van der Waals surface area contributed by atoms with Crippen molar-refractivity contribution in [3.8, 4) is 0 Å². The lowest BCUT2D eigenvalue weighted by Gasteiger charge is -2.08. The Morgan fingerprint density at radius 2 is 2.25 bits per heavy atom. The molecule has 2 N–H and O–H groups in total. The van der Waals surface area contributed by atoms with Crippen molar-refractivity contribution in [3.63, 3.8) is 0 Å². The summed E-state index contributed by atoms with van der Waals surface area (Å²) in [4.78, 5) is 23.9. The summed E-state index contributed by atoms with van der Waals surface area (Å²) in [5.74, 6) is -1.24. The van der Waals surface area contributed by atoms with Crippen molar-refractivity contribution in [1.82, 2.24) is 5.32 Å². The molecule has 0 aliphatic carbocycles. The van der Waals surface area contributed by atoms with Crippen LogP contribution in [0.5, 0.6) is 0 Å². The first kappa shape index (κ1) is 18.4. The van der Waals surface area contributed by atoms with E-state index in [4.69, 9.17) is 11.6 Å². The number of hydrogen-bond acceptors (Lipinski definition) is 5. The molecule has 1 atom stereocenters. The number of hydrogen-bond donors (Lipinski definition) is 2.